The zero-order chi connectivity index (χ0) is 16.0. The summed E-state index contributed by atoms with van der Waals surface area (Å²) < 4.78 is 45.5. The first kappa shape index (κ1) is 14.5. The highest BCUT2D eigenvalue weighted by atomic mass is 19.1. The normalized spacial score (nSPS) is 21.8. The molecule has 0 saturated carbocycles. The predicted octanol–water partition coefficient (Wildman–Crippen LogP) is 1.53. The molecule has 2 aliphatic rings. The fourth-order valence-electron chi connectivity index (χ4n) is 2.42. The molecular weight excluding hydrogens is 305 g/mol. The number of carboxylic acid groups (broad SMARTS) is 1. The number of hydrogen-bond acceptors (Lipinski definition) is 4. The number of carbonyl (C=O) groups is 2. The number of anilines is 2. The van der Waals surface area contributed by atoms with E-state index in [2.05, 4.69) is 4.74 Å². The third-order valence-electron chi connectivity index (χ3n) is 3.55. The standard InChI is InChI=1S/C13H11F3N2O4/c14-6-3-17(4-6)11-8(15)1-7(2-9(11)16)18-5-10(12(19)20)22-13(18)21/h1-2,6,10H,3-5H2,(H,19,20)/t10-/m1/s1. The Balaban J connectivity index is 1.87. The van der Waals surface area contributed by atoms with Crippen LogP contribution in [0.15, 0.2) is 12.1 Å². The van der Waals surface area contributed by atoms with Gasteiger partial charge in [-0.05, 0) is 0 Å². The Kier molecular flexibility index (Phi) is 3.34. The molecule has 22 heavy (non-hydrogen) atoms. The second-order valence-corrected chi connectivity index (χ2v) is 5.08. The van der Waals surface area contributed by atoms with Crippen LogP contribution in [0.1, 0.15) is 0 Å². The van der Waals surface area contributed by atoms with Crippen molar-refractivity contribution in [1.29, 1.82) is 0 Å². The Morgan fingerprint density at radius 1 is 1.23 bits per heavy atom. The van der Waals surface area contributed by atoms with Crippen LogP contribution >= 0.6 is 0 Å². The summed E-state index contributed by atoms with van der Waals surface area (Å²) in [7, 11) is 0. The quantitative estimate of drug-likeness (QED) is 0.916. The maximum Gasteiger partial charge on any atom is 0.415 e. The van der Waals surface area contributed by atoms with Crippen LogP contribution in [0.4, 0.5) is 29.3 Å². The van der Waals surface area contributed by atoms with Gasteiger partial charge < -0.3 is 14.7 Å². The molecule has 6 nitrogen and oxygen atoms in total. The molecule has 1 aromatic carbocycles. The van der Waals surface area contributed by atoms with Gasteiger partial charge in [0.2, 0.25) is 6.10 Å². The number of carboxylic acids is 1. The Morgan fingerprint density at radius 3 is 2.27 bits per heavy atom. The van der Waals surface area contributed by atoms with E-state index >= 15 is 0 Å². The molecule has 2 heterocycles. The fourth-order valence-corrected chi connectivity index (χ4v) is 2.42. The lowest BCUT2D eigenvalue weighted by Crippen LogP contribution is -2.49. The number of aliphatic carboxylic acids is 1. The van der Waals surface area contributed by atoms with Crippen molar-refractivity contribution in [3.63, 3.8) is 0 Å². The van der Waals surface area contributed by atoms with Crippen molar-refractivity contribution in [2.45, 2.75) is 12.3 Å². The van der Waals surface area contributed by atoms with Crippen molar-refractivity contribution in [3.8, 4) is 0 Å². The largest absolute Gasteiger partial charge is 0.478 e. The van der Waals surface area contributed by atoms with Gasteiger partial charge in [0, 0.05) is 12.1 Å². The maximum absolute atomic E-state index is 14.0. The minimum absolute atomic E-state index is 0.0972. The summed E-state index contributed by atoms with van der Waals surface area (Å²) >= 11 is 0. The third kappa shape index (κ3) is 2.32. The van der Waals surface area contributed by atoms with E-state index in [1.54, 1.807) is 0 Å². The molecule has 0 unspecified atom stereocenters. The van der Waals surface area contributed by atoms with Gasteiger partial charge in [-0.3, -0.25) is 4.90 Å². The molecule has 1 aromatic rings. The highest BCUT2D eigenvalue weighted by Gasteiger charge is 2.38. The van der Waals surface area contributed by atoms with Gasteiger partial charge in [-0.25, -0.2) is 22.8 Å². The minimum atomic E-state index is -1.39. The lowest BCUT2D eigenvalue weighted by Gasteiger charge is -2.36. The second-order valence-electron chi connectivity index (χ2n) is 5.08. The van der Waals surface area contributed by atoms with Crippen LogP contribution < -0.4 is 9.80 Å². The first-order chi connectivity index (χ1) is 10.4. The van der Waals surface area contributed by atoms with Gasteiger partial charge in [0.15, 0.2) is 11.6 Å². The molecule has 118 valence electrons. The third-order valence-corrected chi connectivity index (χ3v) is 3.55. The number of hydrogen-bond donors (Lipinski definition) is 1. The number of rotatable bonds is 3. The van der Waals surface area contributed by atoms with Crippen LogP contribution in [-0.2, 0) is 9.53 Å². The van der Waals surface area contributed by atoms with Crippen LogP contribution in [0, 0.1) is 11.6 Å². The zero-order valence-corrected chi connectivity index (χ0v) is 11.1. The molecule has 2 fully saturated rings. The first-order valence-corrected chi connectivity index (χ1v) is 6.46. The van der Waals surface area contributed by atoms with Gasteiger partial charge in [-0.1, -0.05) is 0 Å². The van der Waals surface area contributed by atoms with Crippen molar-refractivity contribution < 1.29 is 32.6 Å². The predicted molar refractivity (Wildman–Crippen MR) is 68.7 cm³/mol. The van der Waals surface area contributed by atoms with Crippen LogP contribution in [0.3, 0.4) is 0 Å². The lowest BCUT2D eigenvalue weighted by molar-refractivity contribution is -0.144. The first-order valence-electron chi connectivity index (χ1n) is 6.46. The van der Waals surface area contributed by atoms with Gasteiger partial charge in [-0.15, -0.1) is 0 Å². The van der Waals surface area contributed by atoms with E-state index in [0.717, 1.165) is 17.0 Å². The van der Waals surface area contributed by atoms with Gasteiger partial charge in [0.05, 0.1) is 25.3 Å². The van der Waals surface area contributed by atoms with E-state index in [0.29, 0.717) is 0 Å². The molecule has 0 spiro atoms. The van der Waals surface area contributed by atoms with E-state index < -0.39 is 36.0 Å². The molecule has 0 aromatic heterocycles. The van der Waals surface area contributed by atoms with Crippen molar-refractivity contribution in [3.05, 3.63) is 23.8 Å². The minimum Gasteiger partial charge on any atom is -0.478 e. The Labute approximate surface area is 122 Å². The van der Waals surface area contributed by atoms with Crippen molar-refractivity contribution in [2.75, 3.05) is 29.4 Å². The molecule has 1 atom stereocenters. The van der Waals surface area contributed by atoms with E-state index in [4.69, 9.17) is 5.11 Å². The SMILES string of the molecule is O=C(O)[C@H]1CN(c2cc(F)c(N3CC(F)C3)c(F)c2)C(=O)O1. The Hall–Kier alpha value is -2.45. The van der Waals surface area contributed by atoms with E-state index in [1.165, 1.54) is 4.90 Å². The van der Waals surface area contributed by atoms with Crippen molar-refractivity contribution in [2.24, 2.45) is 0 Å². The average Bonchev–Trinajstić information content (AvgIpc) is 2.78. The second kappa shape index (κ2) is 5.08. The summed E-state index contributed by atoms with van der Waals surface area (Å²) in [4.78, 5) is 24.4. The smallest absolute Gasteiger partial charge is 0.415 e. The number of carbonyl (C=O) groups excluding carboxylic acids is 1. The lowest BCUT2D eigenvalue weighted by atomic mass is 10.1. The number of ether oxygens (including phenoxy) is 1. The van der Waals surface area contributed by atoms with E-state index in [-0.39, 0.29) is 31.0 Å². The highest BCUT2D eigenvalue weighted by molar-refractivity contribution is 5.94. The summed E-state index contributed by atoms with van der Waals surface area (Å²) in [5.41, 5.74) is -0.509. The number of benzene rings is 1. The fraction of sp³-hybridized carbons (Fsp3) is 0.385. The monoisotopic (exact) mass is 316 g/mol. The summed E-state index contributed by atoms with van der Waals surface area (Å²) in [5.74, 6) is -3.25. The molecule has 0 radical (unpaired) electrons. The molecule has 2 saturated heterocycles. The molecule has 0 bridgehead atoms. The number of amides is 1. The number of nitrogens with zero attached hydrogens (tertiary/aromatic N) is 2. The van der Waals surface area contributed by atoms with Crippen LogP contribution in [0.2, 0.25) is 0 Å². The summed E-state index contributed by atoms with van der Waals surface area (Å²) in [6.45, 7) is -0.539. The Morgan fingerprint density at radius 2 is 1.82 bits per heavy atom. The van der Waals surface area contributed by atoms with Crippen molar-refractivity contribution >= 4 is 23.4 Å². The molecular formula is C13H11F3N2O4. The molecule has 3 rings (SSSR count). The zero-order valence-electron chi connectivity index (χ0n) is 11.1. The molecule has 1 N–H and O–H groups in total. The molecule has 1 amide bonds. The van der Waals surface area contributed by atoms with Crippen molar-refractivity contribution in [1.82, 2.24) is 0 Å². The number of halogens is 3. The number of cyclic esters (lactones) is 1. The maximum atomic E-state index is 14.0. The number of alkyl halides is 1. The Bertz CT molecular complexity index is 625. The summed E-state index contributed by atoms with van der Waals surface area (Å²) in [6.07, 6.45) is -3.50. The van der Waals surface area contributed by atoms with Crippen LogP contribution in [-0.4, -0.2) is 49.1 Å². The van der Waals surface area contributed by atoms with Gasteiger partial charge >= 0.3 is 12.1 Å². The van der Waals surface area contributed by atoms with Crippen LogP contribution in [0.5, 0.6) is 0 Å². The van der Waals surface area contributed by atoms with Gasteiger partial charge in [0.25, 0.3) is 0 Å². The summed E-state index contributed by atoms with van der Waals surface area (Å²) in [6, 6.07) is 1.80. The molecule has 2 aliphatic heterocycles. The molecule has 0 aliphatic carbocycles. The van der Waals surface area contributed by atoms with Crippen LogP contribution in [0.25, 0.3) is 0 Å². The van der Waals surface area contributed by atoms with E-state index in [9.17, 15) is 22.8 Å². The van der Waals surface area contributed by atoms with Gasteiger partial charge in [0.1, 0.15) is 11.9 Å². The summed E-state index contributed by atoms with van der Waals surface area (Å²) in [5, 5.41) is 8.79. The molecule has 9 heteroatoms. The average molecular weight is 316 g/mol. The van der Waals surface area contributed by atoms with Gasteiger partial charge in [-0.2, -0.15) is 0 Å². The van der Waals surface area contributed by atoms with E-state index in [1.807, 2.05) is 0 Å². The topological polar surface area (TPSA) is 70.1 Å². The highest BCUT2D eigenvalue weighted by Crippen LogP contribution is 2.33.